The zero-order valence-electron chi connectivity index (χ0n) is 26.8. The summed E-state index contributed by atoms with van der Waals surface area (Å²) in [4.78, 5) is 17.7. The minimum Gasteiger partial charge on any atom is -0.496 e. The molecule has 1 saturated heterocycles. The van der Waals surface area contributed by atoms with E-state index in [9.17, 15) is 17.6 Å². The van der Waals surface area contributed by atoms with E-state index in [0.29, 0.717) is 69.5 Å². The van der Waals surface area contributed by atoms with Crippen molar-refractivity contribution in [3.63, 3.8) is 0 Å². The molecule has 48 heavy (non-hydrogen) atoms. The molecule has 0 amide bonds. The molecule has 0 saturated carbocycles. The van der Waals surface area contributed by atoms with Crippen LogP contribution in [0.1, 0.15) is 30.3 Å². The summed E-state index contributed by atoms with van der Waals surface area (Å²) in [6.07, 6.45) is 3.61. The van der Waals surface area contributed by atoms with Crippen molar-refractivity contribution in [1.82, 2.24) is 29.6 Å². The summed E-state index contributed by atoms with van der Waals surface area (Å²) in [5.41, 5.74) is 3.34. The van der Waals surface area contributed by atoms with Gasteiger partial charge in [-0.25, -0.2) is 17.5 Å². The lowest BCUT2D eigenvalue weighted by atomic mass is 9.97. The Morgan fingerprint density at radius 3 is 2.46 bits per heavy atom. The van der Waals surface area contributed by atoms with Crippen LogP contribution >= 0.6 is 11.6 Å². The molecule has 6 rings (SSSR count). The molecule has 1 aliphatic heterocycles. The number of likely N-dealkylation sites (tertiary alicyclic amines) is 1. The molecule has 14 heteroatoms. The zero-order chi connectivity index (χ0) is 34.0. The standard InChI is InChI=1S/C34H36ClFN6O5S/c1-21(43)34-32(26-17-23(36)7-10-28(26)38-34)29-20-42(40-39-29)19-22-11-14-41(15-12-22)16-13-37-48(44,45)24-8-9-25(27(35)18-24)33-30(46-2)5-4-6-31(33)47-3/h4-10,17-18,20,22,37-38H,11-16,19H2,1-3H3. The summed E-state index contributed by atoms with van der Waals surface area (Å²) in [6.45, 7) is 4.55. The zero-order valence-corrected chi connectivity index (χ0v) is 28.4. The van der Waals surface area contributed by atoms with Crippen LogP contribution in [-0.2, 0) is 16.6 Å². The van der Waals surface area contributed by atoms with Gasteiger partial charge in [0.25, 0.3) is 0 Å². The highest BCUT2D eigenvalue weighted by Gasteiger charge is 2.24. The van der Waals surface area contributed by atoms with Gasteiger partial charge in [-0.2, -0.15) is 0 Å². The van der Waals surface area contributed by atoms with Crippen molar-refractivity contribution in [2.75, 3.05) is 40.4 Å². The van der Waals surface area contributed by atoms with E-state index in [1.54, 1.807) is 55.4 Å². The van der Waals surface area contributed by atoms with Gasteiger partial charge in [0.1, 0.15) is 23.0 Å². The van der Waals surface area contributed by atoms with Gasteiger partial charge in [0.05, 0.1) is 41.6 Å². The number of hydrogen-bond acceptors (Lipinski definition) is 8. The molecule has 1 aliphatic rings. The van der Waals surface area contributed by atoms with Crippen LogP contribution in [0.5, 0.6) is 11.5 Å². The summed E-state index contributed by atoms with van der Waals surface area (Å²) in [5.74, 6) is 0.910. The number of sulfonamides is 1. The molecule has 3 aromatic carbocycles. The highest BCUT2D eigenvalue weighted by Crippen LogP contribution is 2.42. The largest absolute Gasteiger partial charge is 0.496 e. The smallest absolute Gasteiger partial charge is 0.240 e. The van der Waals surface area contributed by atoms with E-state index in [1.807, 2.05) is 0 Å². The van der Waals surface area contributed by atoms with E-state index in [0.717, 1.165) is 25.9 Å². The van der Waals surface area contributed by atoms with Crippen molar-refractivity contribution in [2.24, 2.45) is 5.92 Å². The molecule has 0 spiro atoms. The number of piperidine rings is 1. The third-order valence-electron chi connectivity index (χ3n) is 8.73. The van der Waals surface area contributed by atoms with Gasteiger partial charge in [-0.05, 0) is 74.3 Å². The predicted octanol–water partition coefficient (Wildman–Crippen LogP) is 5.80. The fourth-order valence-corrected chi connectivity index (χ4v) is 7.64. The molecule has 5 aromatic rings. The first kappa shape index (κ1) is 33.6. The third-order valence-corrected chi connectivity index (χ3v) is 10.5. The van der Waals surface area contributed by atoms with Crippen LogP contribution in [0.3, 0.4) is 0 Å². The molecule has 0 radical (unpaired) electrons. The number of benzene rings is 3. The minimum atomic E-state index is -3.79. The summed E-state index contributed by atoms with van der Waals surface area (Å²) in [6, 6.07) is 14.3. The third kappa shape index (κ3) is 6.95. The number of methoxy groups -OCH3 is 2. The number of nitrogens with one attached hydrogen (secondary N) is 2. The van der Waals surface area contributed by atoms with Crippen LogP contribution in [0.2, 0.25) is 5.02 Å². The fourth-order valence-electron chi connectivity index (χ4n) is 6.26. The average molecular weight is 695 g/mol. The molecule has 1 fully saturated rings. The molecule has 11 nitrogen and oxygen atoms in total. The fraction of sp³-hybridized carbons (Fsp3) is 0.324. The number of H-pyrrole nitrogens is 1. The minimum absolute atomic E-state index is 0.0734. The molecule has 252 valence electrons. The topological polar surface area (TPSA) is 131 Å². The van der Waals surface area contributed by atoms with E-state index >= 15 is 0 Å². The van der Waals surface area contributed by atoms with E-state index in [4.69, 9.17) is 21.1 Å². The summed E-state index contributed by atoms with van der Waals surface area (Å²) < 4.78 is 55.7. The van der Waals surface area contributed by atoms with E-state index in [2.05, 4.69) is 24.9 Å². The Balaban J connectivity index is 1.03. The van der Waals surface area contributed by atoms with Crippen LogP contribution in [0.25, 0.3) is 33.3 Å². The SMILES string of the molecule is COc1cccc(OC)c1-c1ccc(S(=O)(=O)NCCN2CCC(Cn3cc(-c4c(C(C)=O)[nH]c5ccc(F)cc45)nn3)CC2)cc1Cl. The number of ketones is 1. The number of Topliss-reactive ketones (excluding diaryl/α,β-unsaturated/α-hetero) is 1. The van der Waals surface area contributed by atoms with Gasteiger partial charge in [0, 0.05) is 48.6 Å². The van der Waals surface area contributed by atoms with E-state index in [-0.39, 0.29) is 22.2 Å². The van der Waals surface area contributed by atoms with Crippen molar-refractivity contribution in [1.29, 1.82) is 0 Å². The first-order valence-corrected chi connectivity index (χ1v) is 17.4. The molecule has 0 unspecified atom stereocenters. The highest BCUT2D eigenvalue weighted by atomic mass is 35.5. The number of nitrogens with zero attached hydrogens (tertiary/aromatic N) is 4. The Labute approximate surface area is 283 Å². The van der Waals surface area contributed by atoms with Gasteiger partial charge in [-0.3, -0.25) is 9.48 Å². The number of carbonyl (C=O) groups is 1. The first-order chi connectivity index (χ1) is 23.1. The Morgan fingerprint density at radius 1 is 1.06 bits per heavy atom. The van der Waals surface area contributed by atoms with E-state index < -0.39 is 15.8 Å². The maximum absolute atomic E-state index is 14.0. The maximum atomic E-state index is 14.0. The van der Waals surface area contributed by atoms with Crippen LogP contribution in [0.4, 0.5) is 4.39 Å². The Morgan fingerprint density at radius 2 is 1.79 bits per heavy atom. The lowest BCUT2D eigenvalue weighted by Crippen LogP contribution is -2.40. The highest BCUT2D eigenvalue weighted by molar-refractivity contribution is 7.89. The van der Waals surface area contributed by atoms with Crippen LogP contribution in [-0.4, -0.2) is 79.5 Å². The molecular weight excluding hydrogens is 659 g/mol. The van der Waals surface area contributed by atoms with Crippen LogP contribution in [0.15, 0.2) is 65.7 Å². The molecule has 3 heterocycles. The summed E-state index contributed by atoms with van der Waals surface area (Å²) in [7, 11) is -0.694. The van der Waals surface area contributed by atoms with Crippen molar-refractivity contribution in [3.05, 3.63) is 77.3 Å². The number of rotatable bonds is 12. The second kappa shape index (κ2) is 14.0. The van der Waals surface area contributed by atoms with Gasteiger partial charge in [-0.1, -0.05) is 28.9 Å². The molecule has 2 N–H and O–H groups in total. The molecule has 0 aliphatic carbocycles. The van der Waals surface area contributed by atoms with Crippen LogP contribution in [0, 0.1) is 11.7 Å². The van der Waals surface area contributed by atoms with Crippen molar-refractivity contribution < 1.29 is 27.1 Å². The normalized spacial score (nSPS) is 14.4. The van der Waals surface area contributed by atoms with Crippen LogP contribution < -0.4 is 14.2 Å². The summed E-state index contributed by atoms with van der Waals surface area (Å²) >= 11 is 6.58. The second-order valence-corrected chi connectivity index (χ2v) is 14.0. The predicted molar refractivity (Wildman–Crippen MR) is 182 cm³/mol. The molecule has 2 aromatic heterocycles. The van der Waals surface area contributed by atoms with Crippen molar-refractivity contribution >= 4 is 38.3 Å². The number of aromatic nitrogens is 4. The number of fused-ring (bicyclic) bond motifs is 1. The lowest BCUT2D eigenvalue weighted by Gasteiger charge is -2.31. The average Bonchev–Trinajstić information content (AvgIpc) is 3.69. The summed E-state index contributed by atoms with van der Waals surface area (Å²) in [5, 5.41) is 9.47. The maximum Gasteiger partial charge on any atom is 0.240 e. The van der Waals surface area contributed by atoms with E-state index in [1.165, 1.54) is 31.2 Å². The second-order valence-electron chi connectivity index (χ2n) is 11.8. The van der Waals surface area contributed by atoms with Crippen molar-refractivity contribution in [3.8, 4) is 33.9 Å². The number of aromatic amines is 1. The lowest BCUT2D eigenvalue weighted by molar-refractivity contribution is 0.101. The Hall–Kier alpha value is -4.30. The number of ether oxygens (including phenoxy) is 2. The molecule has 0 bridgehead atoms. The van der Waals surface area contributed by atoms with Gasteiger partial charge >= 0.3 is 0 Å². The molecular formula is C34H36ClFN6O5S. The van der Waals surface area contributed by atoms with Gasteiger partial charge in [0.2, 0.25) is 10.0 Å². The first-order valence-electron chi connectivity index (χ1n) is 15.5. The monoisotopic (exact) mass is 694 g/mol. The number of carbonyl (C=O) groups excluding carboxylic acids is 1. The quantitative estimate of drug-likeness (QED) is 0.157. The van der Waals surface area contributed by atoms with Gasteiger partial charge in [0.15, 0.2) is 5.78 Å². The van der Waals surface area contributed by atoms with Crippen molar-refractivity contribution in [2.45, 2.75) is 31.2 Å². The Bertz CT molecular complexity index is 2050. The van der Waals surface area contributed by atoms with Gasteiger partial charge in [-0.15, -0.1) is 5.10 Å². The number of halogens is 2. The van der Waals surface area contributed by atoms with Gasteiger partial charge < -0.3 is 19.4 Å². The number of hydrogen-bond donors (Lipinski definition) is 2. The Kier molecular flexibility index (Phi) is 9.83. The molecule has 0 atom stereocenters.